The van der Waals surface area contributed by atoms with E-state index in [1.165, 1.54) is 0 Å². The number of fused-ring (bicyclic) bond motifs is 7. The van der Waals surface area contributed by atoms with Crippen molar-refractivity contribution in [1.29, 1.82) is 0 Å². The maximum Gasteiger partial charge on any atom is 0.343 e. The normalized spacial score (nSPS) is 19.9. The highest BCUT2D eigenvalue weighted by Crippen LogP contribution is 2.39. The summed E-state index contributed by atoms with van der Waals surface area (Å²) in [6.07, 6.45) is 1.77. The molecule has 3 aromatic heterocycles. The number of cyclic esters (lactones) is 1. The predicted octanol–water partition coefficient (Wildman–Crippen LogP) is 2.22. The number of nitrogens with zero attached hydrogens (tertiary/aromatic N) is 3. The first-order chi connectivity index (χ1) is 14.0. The number of hydrogen-bond donors (Lipinski definition) is 1. The van der Waals surface area contributed by atoms with Gasteiger partial charge in [0.25, 0.3) is 5.56 Å². The molecule has 0 spiro atoms. The summed E-state index contributed by atoms with van der Waals surface area (Å²) in [4.78, 5) is 30.2. The molecule has 6 rings (SSSR count). The van der Waals surface area contributed by atoms with Crippen molar-refractivity contribution in [3.63, 3.8) is 0 Å². The second kappa shape index (κ2) is 5.30. The van der Waals surface area contributed by atoms with Crippen molar-refractivity contribution >= 4 is 27.8 Å². The smallest absolute Gasteiger partial charge is 0.343 e. The molecular weight excluding hydrogens is 374 g/mol. The van der Waals surface area contributed by atoms with Gasteiger partial charge >= 0.3 is 5.97 Å². The highest BCUT2D eigenvalue weighted by molar-refractivity contribution is 6.04. The quantitative estimate of drug-likeness (QED) is 0.438. The van der Waals surface area contributed by atoms with Gasteiger partial charge in [-0.15, -0.1) is 0 Å². The molecule has 0 saturated heterocycles. The molecule has 0 bridgehead atoms. The van der Waals surface area contributed by atoms with Crippen LogP contribution in [0.1, 0.15) is 30.0 Å². The van der Waals surface area contributed by atoms with Gasteiger partial charge in [-0.05, 0) is 30.7 Å². The maximum atomic E-state index is 13.2. The summed E-state index contributed by atoms with van der Waals surface area (Å²) in [6.45, 7) is 1.91. The van der Waals surface area contributed by atoms with E-state index in [9.17, 15) is 14.7 Å². The lowest BCUT2D eigenvalue weighted by molar-refractivity contribution is -0.172. The summed E-state index contributed by atoms with van der Waals surface area (Å²) in [6, 6.07) is 7.37. The molecule has 144 valence electrons. The second-order valence-electron chi connectivity index (χ2n) is 7.47. The van der Waals surface area contributed by atoms with Gasteiger partial charge in [0, 0.05) is 16.5 Å². The largest absolute Gasteiger partial charge is 0.458 e. The van der Waals surface area contributed by atoms with Crippen LogP contribution in [0.25, 0.3) is 33.3 Å². The van der Waals surface area contributed by atoms with E-state index in [0.29, 0.717) is 34.6 Å². The molecule has 0 amide bonds. The van der Waals surface area contributed by atoms with Crippen molar-refractivity contribution in [2.75, 3.05) is 0 Å². The maximum absolute atomic E-state index is 13.2. The predicted molar refractivity (Wildman–Crippen MR) is 102 cm³/mol. The highest BCUT2D eigenvalue weighted by atomic mass is 16.6. The Morgan fingerprint density at radius 2 is 2.10 bits per heavy atom. The molecule has 0 radical (unpaired) electrons. The van der Waals surface area contributed by atoms with Crippen molar-refractivity contribution < 1.29 is 19.2 Å². The lowest BCUT2D eigenvalue weighted by atomic mass is 9.86. The van der Waals surface area contributed by atoms with E-state index in [1.54, 1.807) is 23.8 Å². The van der Waals surface area contributed by atoms with Crippen molar-refractivity contribution in [3.05, 3.63) is 57.5 Å². The van der Waals surface area contributed by atoms with Gasteiger partial charge in [-0.1, -0.05) is 12.1 Å². The molecule has 5 heterocycles. The van der Waals surface area contributed by atoms with Crippen LogP contribution in [-0.4, -0.2) is 25.8 Å². The number of ether oxygens (including phenoxy) is 1. The van der Waals surface area contributed by atoms with E-state index in [2.05, 4.69) is 5.16 Å². The Morgan fingerprint density at radius 1 is 1.24 bits per heavy atom. The number of aliphatic hydroxyl groups is 1. The van der Waals surface area contributed by atoms with Crippen LogP contribution in [0.4, 0.5) is 0 Å². The first kappa shape index (κ1) is 16.4. The van der Waals surface area contributed by atoms with E-state index in [0.717, 1.165) is 21.9 Å². The van der Waals surface area contributed by atoms with Gasteiger partial charge < -0.3 is 18.9 Å². The fraction of sp³-hybridized carbons (Fsp3) is 0.238. The topological polar surface area (TPSA) is 107 Å². The van der Waals surface area contributed by atoms with Crippen molar-refractivity contribution in [2.24, 2.45) is 0 Å². The summed E-state index contributed by atoms with van der Waals surface area (Å²) in [5, 5.41) is 16.5. The minimum absolute atomic E-state index is 0.116. The first-order valence-electron chi connectivity index (χ1n) is 9.35. The standard InChI is InChI=1S/C21H15N3O5/c1-2-21(27)14-6-16-18-10(8-24(16)19(25)13(14)9-28-20(21)26)5-11-12-7-22-29-17(12)4-3-15(11)23-18/h3-7,27H,2,8-9H2,1H3/t21-/m0/s1. The molecule has 1 N–H and O–H groups in total. The van der Waals surface area contributed by atoms with Gasteiger partial charge in [-0.2, -0.15) is 0 Å². The summed E-state index contributed by atoms with van der Waals surface area (Å²) in [7, 11) is 0. The van der Waals surface area contributed by atoms with Crippen molar-refractivity contribution in [1.82, 2.24) is 14.7 Å². The average molecular weight is 389 g/mol. The number of rotatable bonds is 1. The molecule has 1 aromatic carbocycles. The van der Waals surface area contributed by atoms with Crippen LogP contribution in [0.15, 0.2) is 39.8 Å². The van der Waals surface area contributed by atoms with E-state index in [-0.39, 0.29) is 18.6 Å². The zero-order chi connectivity index (χ0) is 19.9. The summed E-state index contributed by atoms with van der Waals surface area (Å²) in [5.41, 5.74) is 2.12. The number of carbonyl (C=O) groups is 1. The third kappa shape index (κ3) is 1.96. The molecule has 1 atom stereocenters. The summed E-state index contributed by atoms with van der Waals surface area (Å²) < 4.78 is 11.9. The molecule has 2 aliphatic rings. The Balaban J connectivity index is 1.65. The highest BCUT2D eigenvalue weighted by Gasteiger charge is 2.45. The lowest BCUT2D eigenvalue weighted by Gasteiger charge is -2.31. The van der Waals surface area contributed by atoms with Gasteiger partial charge in [0.05, 0.1) is 40.6 Å². The van der Waals surface area contributed by atoms with Crippen LogP contribution in [0, 0.1) is 0 Å². The number of aromatic nitrogens is 3. The van der Waals surface area contributed by atoms with Crippen LogP contribution >= 0.6 is 0 Å². The Kier molecular flexibility index (Phi) is 3.00. The monoisotopic (exact) mass is 389 g/mol. The fourth-order valence-corrected chi connectivity index (χ4v) is 4.40. The summed E-state index contributed by atoms with van der Waals surface area (Å²) >= 11 is 0. The molecule has 2 aliphatic heterocycles. The number of carbonyl (C=O) groups excluding carboxylic acids is 1. The molecular formula is C21H15N3O5. The van der Waals surface area contributed by atoms with Gasteiger partial charge in [-0.3, -0.25) is 4.79 Å². The lowest BCUT2D eigenvalue weighted by Crippen LogP contribution is -2.44. The molecule has 29 heavy (non-hydrogen) atoms. The van der Waals surface area contributed by atoms with Gasteiger partial charge in [0.15, 0.2) is 11.2 Å². The first-order valence-corrected chi connectivity index (χ1v) is 9.35. The van der Waals surface area contributed by atoms with E-state index < -0.39 is 11.6 Å². The Labute approximate surface area is 163 Å². The third-order valence-electron chi connectivity index (χ3n) is 6.03. The van der Waals surface area contributed by atoms with E-state index >= 15 is 0 Å². The van der Waals surface area contributed by atoms with Gasteiger partial charge in [0.1, 0.15) is 6.61 Å². The second-order valence-corrected chi connectivity index (χ2v) is 7.47. The molecule has 0 unspecified atom stereocenters. The zero-order valence-corrected chi connectivity index (χ0v) is 15.4. The number of pyridine rings is 2. The molecule has 0 aliphatic carbocycles. The third-order valence-corrected chi connectivity index (χ3v) is 6.03. The Hall–Kier alpha value is -3.52. The number of esters is 1. The minimum atomic E-state index is -1.82. The fourth-order valence-electron chi connectivity index (χ4n) is 4.40. The van der Waals surface area contributed by atoms with Crippen LogP contribution < -0.4 is 5.56 Å². The molecule has 4 aromatic rings. The minimum Gasteiger partial charge on any atom is -0.458 e. The van der Waals surface area contributed by atoms with Crippen LogP contribution in [0.2, 0.25) is 0 Å². The van der Waals surface area contributed by atoms with Gasteiger partial charge in [0.2, 0.25) is 0 Å². The Bertz CT molecular complexity index is 1430. The van der Waals surface area contributed by atoms with Gasteiger partial charge in [-0.25, -0.2) is 9.78 Å². The SMILES string of the molecule is CC[C@@]1(O)C(=O)OCc2c1cc1n(c2=O)Cc2cc3c(ccc4oncc43)nc2-1. The van der Waals surface area contributed by atoms with Crippen LogP contribution in [0.3, 0.4) is 0 Å². The van der Waals surface area contributed by atoms with Crippen molar-refractivity contribution in [3.8, 4) is 11.4 Å². The molecule has 8 heteroatoms. The summed E-state index contributed by atoms with van der Waals surface area (Å²) in [5.74, 6) is -0.726. The average Bonchev–Trinajstić information content (AvgIpc) is 3.34. The van der Waals surface area contributed by atoms with Crippen molar-refractivity contribution in [2.45, 2.75) is 32.1 Å². The Morgan fingerprint density at radius 3 is 2.93 bits per heavy atom. The van der Waals surface area contributed by atoms with Crippen LogP contribution in [-0.2, 0) is 28.3 Å². The molecule has 0 fully saturated rings. The van der Waals surface area contributed by atoms with E-state index in [1.807, 2.05) is 18.2 Å². The molecule has 8 nitrogen and oxygen atoms in total. The number of benzene rings is 1. The number of hydrogen-bond acceptors (Lipinski definition) is 7. The van der Waals surface area contributed by atoms with Crippen LogP contribution in [0.5, 0.6) is 0 Å². The molecule has 0 saturated carbocycles. The zero-order valence-electron chi connectivity index (χ0n) is 15.4. The van der Waals surface area contributed by atoms with E-state index in [4.69, 9.17) is 14.2 Å².